The number of hydrogen-bond donors (Lipinski definition) is 0. The zero-order valence-corrected chi connectivity index (χ0v) is 12.9. The Bertz CT molecular complexity index is 305. The lowest BCUT2D eigenvalue weighted by Crippen LogP contribution is -2.57. The number of carbonyl (C=O) groups excluding carboxylic acids is 1. The van der Waals surface area contributed by atoms with Gasteiger partial charge < -0.3 is 9.80 Å². The van der Waals surface area contributed by atoms with Gasteiger partial charge in [0.15, 0.2) is 0 Å². The molecule has 0 aromatic heterocycles. The maximum atomic E-state index is 12.3. The molecule has 0 aliphatic carbocycles. The number of fused-ring (bicyclic) bond motifs is 3. The van der Waals surface area contributed by atoms with Gasteiger partial charge in [0.2, 0.25) is 5.91 Å². The Morgan fingerprint density at radius 2 is 1.94 bits per heavy atom. The van der Waals surface area contributed by atoms with Crippen molar-refractivity contribution in [2.24, 2.45) is 5.92 Å². The van der Waals surface area contributed by atoms with Crippen LogP contribution in [-0.4, -0.2) is 58.9 Å². The van der Waals surface area contributed by atoms with Gasteiger partial charge in [0.1, 0.15) is 0 Å². The first-order chi connectivity index (χ1) is 8.37. The van der Waals surface area contributed by atoms with Crippen LogP contribution in [0.5, 0.6) is 0 Å². The summed E-state index contributed by atoms with van der Waals surface area (Å²) in [7, 11) is 2.00. The first kappa shape index (κ1) is 14.2. The van der Waals surface area contributed by atoms with E-state index in [1.54, 1.807) is 11.8 Å². The Hall–Kier alpha value is -0.220. The van der Waals surface area contributed by atoms with Gasteiger partial charge in [-0.2, -0.15) is 0 Å². The van der Waals surface area contributed by atoms with Crippen LogP contribution in [0.2, 0.25) is 0 Å². The van der Waals surface area contributed by atoms with Gasteiger partial charge in [-0.1, -0.05) is 20.8 Å². The molecule has 3 nitrogen and oxygen atoms in total. The van der Waals surface area contributed by atoms with E-state index in [2.05, 4.69) is 25.7 Å². The molecule has 3 aliphatic rings. The summed E-state index contributed by atoms with van der Waals surface area (Å²) in [5.41, 5.74) is 0. The molecule has 0 spiro atoms. The molecule has 4 heteroatoms. The fourth-order valence-corrected chi connectivity index (χ4v) is 3.70. The second-order valence-corrected chi connectivity index (χ2v) is 8.41. The van der Waals surface area contributed by atoms with Gasteiger partial charge in [-0.05, 0) is 31.8 Å². The van der Waals surface area contributed by atoms with Gasteiger partial charge in [0.05, 0.1) is 5.75 Å². The van der Waals surface area contributed by atoms with Crippen LogP contribution in [0.1, 0.15) is 33.6 Å². The molecule has 3 rings (SSSR count). The summed E-state index contributed by atoms with van der Waals surface area (Å²) in [5, 5.41) is 0. The van der Waals surface area contributed by atoms with Crippen LogP contribution in [0.3, 0.4) is 0 Å². The molecule has 1 unspecified atom stereocenters. The molecule has 18 heavy (non-hydrogen) atoms. The molecule has 1 atom stereocenters. The summed E-state index contributed by atoms with van der Waals surface area (Å²) in [6.45, 7) is 10.1. The average molecular weight is 270 g/mol. The summed E-state index contributed by atoms with van der Waals surface area (Å²) >= 11 is 1.75. The van der Waals surface area contributed by atoms with Crippen molar-refractivity contribution in [1.29, 1.82) is 0 Å². The topological polar surface area (TPSA) is 23.6 Å². The number of piperidine rings is 3. The van der Waals surface area contributed by atoms with E-state index in [9.17, 15) is 4.79 Å². The van der Waals surface area contributed by atoms with Gasteiger partial charge in [-0.25, -0.2) is 0 Å². The number of thioether (sulfide) groups is 1. The summed E-state index contributed by atoms with van der Waals surface area (Å²) in [5.74, 6) is 1.65. The van der Waals surface area contributed by atoms with Crippen LogP contribution in [0.15, 0.2) is 0 Å². The lowest BCUT2D eigenvalue weighted by molar-refractivity contribution is -0.133. The first-order valence-corrected chi connectivity index (χ1v) is 7.97. The molecule has 0 N–H and O–H groups in total. The highest BCUT2D eigenvalue weighted by Gasteiger charge is 2.37. The molecular weight excluding hydrogens is 244 g/mol. The molecule has 0 aromatic carbocycles. The average Bonchev–Trinajstić information content (AvgIpc) is 2.35. The van der Waals surface area contributed by atoms with Crippen LogP contribution >= 0.6 is 11.8 Å². The van der Waals surface area contributed by atoms with E-state index >= 15 is 0 Å². The molecule has 3 fully saturated rings. The molecular formula is C14H26N2OS. The molecule has 0 radical (unpaired) electrons. The van der Waals surface area contributed by atoms with Crippen LogP contribution in [0.4, 0.5) is 0 Å². The van der Waals surface area contributed by atoms with Gasteiger partial charge in [-0.15, -0.1) is 11.8 Å². The highest BCUT2D eigenvalue weighted by atomic mass is 32.2. The van der Waals surface area contributed by atoms with Gasteiger partial charge >= 0.3 is 0 Å². The quantitative estimate of drug-likeness (QED) is 0.784. The molecule has 2 bridgehead atoms. The minimum Gasteiger partial charge on any atom is -0.340 e. The van der Waals surface area contributed by atoms with Gasteiger partial charge in [-0.3, -0.25) is 4.79 Å². The third-order valence-electron chi connectivity index (χ3n) is 4.14. The fraction of sp³-hybridized carbons (Fsp3) is 0.929. The Morgan fingerprint density at radius 1 is 1.33 bits per heavy atom. The standard InChI is InChI=1S/C14H26N2OS/c1-14(2,3)18-10-13(17)15(4)12-9-16-7-5-11(12)6-8-16/h11-12H,5-10H2,1-4H3. The second-order valence-electron chi connectivity index (χ2n) is 6.61. The minimum absolute atomic E-state index is 0.172. The molecule has 104 valence electrons. The number of nitrogens with zero attached hydrogens (tertiary/aromatic N) is 2. The predicted molar refractivity (Wildman–Crippen MR) is 77.9 cm³/mol. The van der Waals surface area contributed by atoms with E-state index in [1.165, 1.54) is 25.9 Å². The largest absolute Gasteiger partial charge is 0.340 e. The summed E-state index contributed by atoms with van der Waals surface area (Å²) in [4.78, 5) is 16.8. The van der Waals surface area contributed by atoms with Gasteiger partial charge in [0.25, 0.3) is 0 Å². The van der Waals surface area contributed by atoms with Gasteiger partial charge in [0, 0.05) is 24.4 Å². The molecule has 3 saturated heterocycles. The lowest BCUT2D eigenvalue weighted by atomic mass is 9.83. The number of rotatable bonds is 3. The van der Waals surface area contributed by atoms with E-state index < -0.39 is 0 Å². The summed E-state index contributed by atoms with van der Waals surface area (Å²) in [6.07, 6.45) is 2.55. The third kappa shape index (κ3) is 3.41. The highest BCUT2D eigenvalue weighted by molar-refractivity contribution is 8.01. The van der Waals surface area contributed by atoms with Crippen molar-refractivity contribution in [1.82, 2.24) is 9.80 Å². The monoisotopic (exact) mass is 270 g/mol. The normalized spacial score (nSPS) is 31.4. The first-order valence-electron chi connectivity index (χ1n) is 6.99. The van der Waals surface area contributed by atoms with E-state index in [-0.39, 0.29) is 4.75 Å². The van der Waals surface area contributed by atoms with Crippen molar-refractivity contribution in [2.45, 2.75) is 44.4 Å². The maximum Gasteiger partial charge on any atom is 0.232 e. The Labute approximate surface area is 115 Å². The maximum absolute atomic E-state index is 12.3. The van der Waals surface area contributed by atoms with Crippen LogP contribution in [-0.2, 0) is 4.79 Å². The van der Waals surface area contributed by atoms with Crippen molar-refractivity contribution >= 4 is 17.7 Å². The van der Waals surface area contributed by atoms with Crippen molar-refractivity contribution < 1.29 is 4.79 Å². The molecule has 3 heterocycles. The fourth-order valence-electron chi connectivity index (χ4n) is 2.94. The summed E-state index contributed by atoms with van der Waals surface area (Å²) in [6, 6.07) is 0.459. The highest BCUT2D eigenvalue weighted by Crippen LogP contribution is 2.31. The van der Waals surface area contributed by atoms with Crippen LogP contribution in [0.25, 0.3) is 0 Å². The zero-order valence-electron chi connectivity index (χ0n) is 12.1. The van der Waals surface area contributed by atoms with E-state index in [1.807, 2.05) is 11.9 Å². The predicted octanol–water partition coefficient (Wildman–Crippen LogP) is 2.07. The molecule has 0 saturated carbocycles. The van der Waals surface area contributed by atoms with Crippen LogP contribution < -0.4 is 0 Å². The van der Waals surface area contributed by atoms with Crippen molar-refractivity contribution in [2.75, 3.05) is 32.4 Å². The Morgan fingerprint density at radius 3 is 2.39 bits per heavy atom. The van der Waals surface area contributed by atoms with E-state index in [0.29, 0.717) is 17.7 Å². The lowest BCUT2D eigenvalue weighted by Gasteiger charge is -2.48. The Balaban J connectivity index is 1.87. The number of amides is 1. The van der Waals surface area contributed by atoms with E-state index in [0.717, 1.165) is 12.5 Å². The SMILES string of the molecule is CN(C(=O)CSC(C)(C)C)C1CN2CCC1CC2. The number of likely N-dealkylation sites (N-methyl/N-ethyl adjacent to an activating group) is 1. The number of hydrogen-bond acceptors (Lipinski definition) is 3. The Kier molecular flexibility index (Phi) is 4.27. The molecule has 3 aliphatic heterocycles. The van der Waals surface area contributed by atoms with E-state index in [4.69, 9.17) is 0 Å². The smallest absolute Gasteiger partial charge is 0.232 e. The minimum atomic E-state index is 0.172. The molecule has 1 amide bonds. The summed E-state index contributed by atoms with van der Waals surface area (Å²) < 4.78 is 0.172. The zero-order chi connectivity index (χ0) is 13.3. The van der Waals surface area contributed by atoms with Crippen molar-refractivity contribution in [3.05, 3.63) is 0 Å². The number of carbonyl (C=O) groups is 1. The van der Waals surface area contributed by atoms with Crippen molar-refractivity contribution in [3.8, 4) is 0 Å². The second kappa shape index (κ2) is 5.41. The van der Waals surface area contributed by atoms with Crippen molar-refractivity contribution in [3.63, 3.8) is 0 Å². The van der Waals surface area contributed by atoms with Crippen LogP contribution in [0, 0.1) is 5.92 Å². The molecule has 0 aromatic rings. The third-order valence-corrected chi connectivity index (χ3v) is 5.40.